The quantitative estimate of drug-likeness (QED) is 0.646. The zero-order valence-corrected chi connectivity index (χ0v) is 15.2. The number of nitrogens with zero attached hydrogens (tertiary/aromatic N) is 1. The maximum Gasteiger partial charge on any atom is 0.338 e. The molecule has 0 amide bonds. The van der Waals surface area contributed by atoms with Crippen molar-refractivity contribution < 1.29 is 9.53 Å². The monoisotopic (exact) mass is 347 g/mol. The molecule has 0 saturated heterocycles. The minimum Gasteiger partial charge on any atom is -0.454 e. The molecule has 2 aromatic carbocycles. The molecule has 3 nitrogen and oxygen atoms in total. The Hall–Kier alpha value is -1.84. The van der Waals surface area contributed by atoms with Gasteiger partial charge in [0.2, 0.25) is 0 Å². The van der Waals surface area contributed by atoms with Crippen molar-refractivity contribution in [3.63, 3.8) is 0 Å². The van der Waals surface area contributed by atoms with E-state index in [1.807, 2.05) is 48.5 Å². The summed E-state index contributed by atoms with van der Waals surface area (Å²) < 4.78 is 5.80. The van der Waals surface area contributed by atoms with Crippen LogP contribution in [0.15, 0.2) is 60.7 Å². The SMILES string of the molecule is CCN(CC)CCC(OC(=O)c1ccccc1)c1ccccc1.Cl. The van der Waals surface area contributed by atoms with Gasteiger partial charge in [0.1, 0.15) is 6.10 Å². The van der Waals surface area contributed by atoms with Crippen LogP contribution in [0.2, 0.25) is 0 Å². The molecule has 24 heavy (non-hydrogen) atoms. The van der Waals surface area contributed by atoms with Crippen molar-refractivity contribution in [2.24, 2.45) is 0 Å². The lowest BCUT2D eigenvalue weighted by molar-refractivity contribution is 0.0253. The average molecular weight is 348 g/mol. The molecular weight excluding hydrogens is 322 g/mol. The summed E-state index contributed by atoms with van der Waals surface area (Å²) in [5.41, 5.74) is 1.64. The van der Waals surface area contributed by atoms with E-state index in [0.29, 0.717) is 5.56 Å². The van der Waals surface area contributed by atoms with E-state index in [0.717, 1.165) is 31.6 Å². The van der Waals surface area contributed by atoms with Crippen LogP contribution in [0, 0.1) is 0 Å². The van der Waals surface area contributed by atoms with E-state index in [1.54, 1.807) is 12.1 Å². The largest absolute Gasteiger partial charge is 0.454 e. The lowest BCUT2D eigenvalue weighted by Gasteiger charge is -2.23. The number of esters is 1. The minimum absolute atomic E-state index is 0. The highest BCUT2D eigenvalue weighted by Gasteiger charge is 2.18. The van der Waals surface area contributed by atoms with Crippen molar-refractivity contribution in [2.75, 3.05) is 19.6 Å². The maximum absolute atomic E-state index is 12.4. The van der Waals surface area contributed by atoms with Gasteiger partial charge in [-0.3, -0.25) is 0 Å². The summed E-state index contributed by atoms with van der Waals surface area (Å²) in [7, 11) is 0. The van der Waals surface area contributed by atoms with Crippen LogP contribution in [0.1, 0.15) is 42.3 Å². The molecule has 0 aliphatic rings. The fourth-order valence-corrected chi connectivity index (χ4v) is 2.57. The summed E-state index contributed by atoms with van der Waals surface area (Å²) in [4.78, 5) is 14.7. The van der Waals surface area contributed by atoms with Crippen LogP contribution >= 0.6 is 12.4 Å². The number of ether oxygens (including phenoxy) is 1. The summed E-state index contributed by atoms with van der Waals surface area (Å²) in [5.74, 6) is -0.265. The molecule has 0 spiro atoms. The maximum atomic E-state index is 12.4. The van der Waals surface area contributed by atoms with Gasteiger partial charge in [-0.25, -0.2) is 4.79 Å². The molecule has 0 aliphatic heterocycles. The number of carbonyl (C=O) groups excluding carboxylic acids is 1. The van der Waals surface area contributed by atoms with Crippen LogP contribution in [0.3, 0.4) is 0 Å². The number of hydrogen-bond donors (Lipinski definition) is 0. The van der Waals surface area contributed by atoms with E-state index in [1.165, 1.54) is 0 Å². The van der Waals surface area contributed by atoms with Gasteiger partial charge in [0, 0.05) is 13.0 Å². The number of rotatable bonds is 8. The van der Waals surface area contributed by atoms with Crippen molar-refractivity contribution in [1.29, 1.82) is 0 Å². The van der Waals surface area contributed by atoms with Crippen LogP contribution in [0.4, 0.5) is 0 Å². The highest BCUT2D eigenvalue weighted by Crippen LogP contribution is 2.23. The first kappa shape index (κ1) is 20.2. The highest BCUT2D eigenvalue weighted by molar-refractivity contribution is 5.89. The van der Waals surface area contributed by atoms with Crippen molar-refractivity contribution >= 4 is 18.4 Å². The van der Waals surface area contributed by atoms with Gasteiger partial charge in [0.25, 0.3) is 0 Å². The van der Waals surface area contributed by atoms with Crippen molar-refractivity contribution in [3.05, 3.63) is 71.8 Å². The highest BCUT2D eigenvalue weighted by atomic mass is 35.5. The van der Waals surface area contributed by atoms with E-state index in [2.05, 4.69) is 18.7 Å². The molecule has 130 valence electrons. The van der Waals surface area contributed by atoms with Gasteiger partial charge in [-0.1, -0.05) is 62.4 Å². The number of hydrogen-bond acceptors (Lipinski definition) is 3. The van der Waals surface area contributed by atoms with Gasteiger partial charge < -0.3 is 9.64 Å². The Morgan fingerprint density at radius 1 is 0.958 bits per heavy atom. The molecule has 0 aromatic heterocycles. The first-order valence-electron chi connectivity index (χ1n) is 8.28. The van der Waals surface area contributed by atoms with Gasteiger partial charge >= 0.3 is 5.97 Å². The fourth-order valence-electron chi connectivity index (χ4n) is 2.57. The number of benzene rings is 2. The molecule has 0 N–H and O–H groups in total. The summed E-state index contributed by atoms with van der Waals surface area (Å²) >= 11 is 0. The Bertz CT molecular complexity index is 585. The lowest BCUT2D eigenvalue weighted by atomic mass is 10.1. The second kappa shape index (κ2) is 10.8. The molecule has 0 aliphatic carbocycles. The molecular formula is C20H26ClNO2. The van der Waals surface area contributed by atoms with E-state index in [9.17, 15) is 4.79 Å². The molecule has 4 heteroatoms. The van der Waals surface area contributed by atoms with Gasteiger partial charge in [-0.05, 0) is 30.8 Å². The molecule has 0 fully saturated rings. The summed E-state index contributed by atoms with van der Waals surface area (Å²) in [5, 5.41) is 0. The van der Waals surface area contributed by atoms with E-state index in [-0.39, 0.29) is 24.5 Å². The summed E-state index contributed by atoms with van der Waals surface area (Å²) in [6, 6.07) is 19.1. The predicted molar refractivity (Wildman–Crippen MR) is 101 cm³/mol. The Kier molecular flexibility index (Phi) is 9.13. The number of halogens is 1. The van der Waals surface area contributed by atoms with Gasteiger partial charge in [0.15, 0.2) is 0 Å². The molecule has 2 rings (SSSR count). The second-order valence-corrected chi connectivity index (χ2v) is 5.49. The number of carbonyl (C=O) groups is 1. The van der Waals surface area contributed by atoms with Gasteiger partial charge in [-0.2, -0.15) is 0 Å². The Labute approximate surface area is 151 Å². The second-order valence-electron chi connectivity index (χ2n) is 5.49. The normalized spacial score (nSPS) is 11.6. The van der Waals surface area contributed by atoms with E-state index < -0.39 is 0 Å². The van der Waals surface area contributed by atoms with E-state index in [4.69, 9.17) is 4.74 Å². The van der Waals surface area contributed by atoms with Gasteiger partial charge in [-0.15, -0.1) is 12.4 Å². The zero-order valence-electron chi connectivity index (χ0n) is 14.4. The van der Waals surface area contributed by atoms with Crippen LogP contribution in [0.25, 0.3) is 0 Å². The smallest absolute Gasteiger partial charge is 0.338 e. The Morgan fingerprint density at radius 2 is 1.50 bits per heavy atom. The molecule has 1 atom stereocenters. The molecule has 2 aromatic rings. The molecule has 0 heterocycles. The third kappa shape index (κ3) is 5.99. The third-order valence-corrected chi connectivity index (χ3v) is 4.03. The van der Waals surface area contributed by atoms with Gasteiger partial charge in [0.05, 0.1) is 5.56 Å². The first-order valence-corrected chi connectivity index (χ1v) is 8.28. The third-order valence-electron chi connectivity index (χ3n) is 4.03. The minimum atomic E-state index is -0.265. The van der Waals surface area contributed by atoms with Crippen LogP contribution in [0.5, 0.6) is 0 Å². The topological polar surface area (TPSA) is 29.5 Å². The van der Waals surface area contributed by atoms with Crippen LogP contribution in [-0.4, -0.2) is 30.5 Å². The Balaban J connectivity index is 0.00000288. The first-order chi connectivity index (χ1) is 11.2. The summed E-state index contributed by atoms with van der Waals surface area (Å²) in [6.07, 6.45) is 0.578. The van der Waals surface area contributed by atoms with Crippen molar-refractivity contribution in [2.45, 2.75) is 26.4 Å². The fraction of sp³-hybridized carbons (Fsp3) is 0.350. The molecule has 0 saturated carbocycles. The van der Waals surface area contributed by atoms with Crippen molar-refractivity contribution in [3.8, 4) is 0 Å². The molecule has 0 bridgehead atoms. The lowest BCUT2D eigenvalue weighted by Crippen LogP contribution is -2.26. The summed E-state index contributed by atoms with van der Waals surface area (Å²) in [6.45, 7) is 7.22. The molecule has 0 radical (unpaired) electrons. The predicted octanol–water partition coefficient (Wildman–Crippen LogP) is 4.74. The molecule has 1 unspecified atom stereocenters. The van der Waals surface area contributed by atoms with Crippen LogP contribution in [-0.2, 0) is 4.74 Å². The standard InChI is InChI=1S/C20H25NO2.ClH/c1-3-21(4-2)16-15-19(17-11-7-5-8-12-17)23-20(22)18-13-9-6-10-14-18;/h5-14,19H,3-4,15-16H2,1-2H3;1H. The Morgan fingerprint density at radius 3 is 2.04 bits per heavy atom. The van der Waals surface area contributed by atoms with Crippen LogP contribution < -0.4 is 0 Å². The average Bonchev–Trinajstić information content (AvgIpc) is 2.63. The zero-order chi connectivity index (χ0) is 16.5. The van der Waals surface area contributed by atoms with Crippen molar-refractivity contribution in [1.82, 2.24) is 4.90 Å². The van der Waals surface area contributed by atoms with E-state index >= 15 is 0 Å².